The highest BCUT2D eigenvalue weighted by Crippen LogP contribution is 2.14. The minimum Gasteiger partial charge on any atom is -0.497 e. The van der Waals surface area contributed by atoms with Gasteiger partial charge >= 0.3 is 0 Å². The van der Waals surface area contributed by atoms with Crippen LogP contribution in [0, 0.1) is 6.92 Å². The first kappa shape index (κ1) is 13.6. The van der Waals surface area contributed by atoms with Gasteiger partial charge in [0.25, 0.3) is 0 Å². The maximum atomic E-state index is 12.1. The van der Waals surface area contributed by atoms with Crippen molar-refractivity contribution >= 4 is 16.9 Å². The summed E-state index contributed by atoms with van der Waals surface area (Å²) >= 11 is 0. The van der Waals surface area contributed by atoms with Gasteiger partial charge in [-0.3, -0.25) is 0 Å². The Kier molecular flexibility index (Phi) is 4.53. The predicted molar refractivity (Wildman–Crippen MR) is 79.6 cm³/mol. The van der Waals surface area contributed by atoms with E-state index in [2.05, 4.69) is 0 Å². The van der Waals surface area contributed by atoms with Gasteiger partial charge in [-0.2, -0.15) is 0 Å². The molecule has 0 bridgehead atoms. The molecule has 3 heteroatoms. The summed E-state index contributed by atoms with van der Waals surface area (Å²) < 4.78 is 17.1. The van der Waals surface area contributed by atoms with Crippen LogP contribution >= 0.6 is 0 Å². The second-order valence-corrected chi connectivity index (χ2v) is 5.52. The van der Waals surface area contributed by atoms with E-state index in [1.54, 1.807) is 12.5 Å². The zero-order chi connectivity index (χ0) is 13.7. The lowest BCUT2D eigenvalue weighted by Gasteiger charge is -2.00. The fraction of sp³-hybridized carbons (Fsp3) is 0.125. The summed E-state index contributed by atoms with van der Waals surface area (Å²) in [7, 11) is 0.525. The van der Waals surface area contributed by atoms with Crippen molar-refractivity contribution < 1.29 is 8.95 Å². The Morgan fingerprint density at radius 1 is 1.00 bits per heavy atom. The van der Waals surface area contributed by atoms with E-state index in [1.807, 2.05) is 61.5 Å². The van der Waals surface area contributed by atoms with Crippen LogP contribution in [0.5, 0.6) is 5.75 Å². The SMILES string of the molecule is COc1ccc(/C=C/[S@@](=O)c2ccc(C)cc2)cc1. The van der Waals surface area contributed by atoms with Gasteiger partial charge < -0.3 is 4.74 Å². The Morgan fingerprint density at radius 3 is 2.21 bits per heavy atom. The summed E-state index contributed by atoms with van der Waals surface area (Å²) in [5, 5.41) is 1.70. The molecular weight excluding hydrogens is 256 g/mol. The van der Waals surface area contributed by atoms with E-state index in [1.165, 1.54) is 5.56 Å². The van der Waals surface area contributed by atoms with Gasteiger partial charge in [-0.1, -0.05) is 29.8 Å². The minimum absolute atomic E-state index is 0.815. The molecule has 0 aliphatic rings. The van der Waals surface area contributed by atoms with Crippen LogP contribution in [0.25, 0.3) is 6.08 Å². The van der Waals surface area contributed by atoms with Crippen LogP contribution in [0.2, 0.25) is 0 Å². The normalized spacial score (nSPS) is 12.5. The van der Waals surface area contributed by atoms with Crippen molar-refractivity contribution in [1.29, 1.82) is 0 Å². The number of hydrogen-bond donors (Lipinski definition) is 0. The van der Waals surface area contributed by atoms with E-state index in [0.29, 0.717) is 0 Å². The van der Waals surface area contributed by atoms with Crippen LogP contribution in [0.1, 0.15) is 11.1 Å². The molecule has 2 aromatic rings. The lowest BCUT2D eigenvalue weighted by molar-refractivity contribution is 0.415. The van der Waals surface area contributed by atoms with Crippen molar-refractivity contribution in [3.05, 3.63) is 65.1 Å². The summed E-state index contributed by atoms with van der Waals surface area (Å²) in [5.41, 5.74) is 2.17. The van der Waals surface area contributed by atoms with Gasteiger partial charge in [-0.15, -0.1) is 0 Å². The molecule has 0 N–H and O–H groups in total. The molecule has 19 heavy (non-hydrogen) atoms. The van der Waals surface area contributed by atoms with Gasteiger partial charge in [0.2, 0.25) is 0 Å². The summed E-state index contributed by atoms with van der Waals surface area (Å²) in [6.45, 7) is 2.01. The Morgan fingerprint density at radius 2 is 1.63 bits per heavy atom. The third-order valence-corrected chi connectivity index (χ3v) is 3.87. The highest BCUT2D eigenvalue weighted by Gasteiger charge is 1.98. The van der Waals surface area contributed by atoms with E-state index in [4.69, 9.17) is 4.74 Å². The van der Waals surface area contributed by atoms with Gasteiger partial charge in [0.1, 0.15) is 5.75 Å². The van der Waals surface area contributed by atoms with E-state index in [0.717, 1.165) is 16.2 Å². The standard InChI is InChI=1S/C16H16O2S/c1-13-3-9-16(10-4-13)19(17)12-11-14-5-7-15(18-2)8-6-14/h3-12H,1-2H3/b12-11+/t19-/m1/s1. The Labute approximate surface area is 116 Å². The fourth-order valence-electron chi connectivity index (χ4n) is 1.61. The monoisotopic (exact) mass is 272 g/mol. The first-order chi connectivity index (χ1) is 9.19. The van der Waals surface area contributed by atoms with Crippen molar-refractivity contribution in [2.24, 2.45) is 0 Å². The molecule has 98 valence electrons. The summed E-state index contributed by atoms with van der Waals surface area (Å²) in [5.74, 6) is 0.816. The van der Waals surface area contributed by atoms with Crippen molar-refractivity contribution in [2.75, 3.05) is 7.11 Å². The van der Waals surface area contributed by atoms with Crippen LogP contribution in [-0.2, 0) is 10.8 Å². The minimum atomic E-state index is -1.11. The third-order valence-electron chi connectivity index (χ3n) is 2.75. The molecule has 0 aromatic heterocycles. The van der Waals surface area contributed by atoms with Crippen molar-refractivity contribution in [1.82, 2.24) is 0 Å². The Bertz CT molecular complexity index is 583. The molecular formula is C16H16O2S. The van der Waals surface area contributed by atoms with E-state index < -0.39 is 10.8 Å². The van der Waals surface area contributed by atoms with Gasteiger partial charge in [0.15, 0.2) is 0 Å². The fourth-order valence-corrected chi connectivity index (χ4v) is 2.45. The molecule has 2 rings (SSSR count). The molecule has 0 heterocycles. The van der Waals surface area contributed by atoms with Crippen molar-refractivity contribution in [3.63, 3.8) is 0 Å². The first-order valence-electron chi connectivity index (χ1n) is 5.98. The Hall–Kier alpha value is -1.87. The molecule has 0 saturated heterocycles. The molecule has 0 spiro atoms. The zero-order valence-corrected chi connectivity index (χ0v) is 11.8. The smallest absolute Gasteiger partial charge is 0.118 e. The lowest BCUT2D eigenvalue weighted by Crippen LogP contribution is -1.86. The highest BCUT2D eigenvalue weighted by atomic mass is 32.2. The predicted octanol–water partition coefficient (Wildman–Crippen LogP) is 3.78. The number of benzene rings is 2. The third kappa shape index (κ3) is 3.80. The maximum Gasteiger partial charge on any atom is 0.118 e. The first-order valence-corrected chi connectivity index (χ1v) is 7.20. The molecule has 1 atom stereocenters. The van der Waals surface area contributed by atoms with Gasteiger partial charge in [0, 0.05) is 10.3 Å². The lowest BCUT2D eigenvalue weighted by atomic mass is 10.2. The highest BCUT2D eigenvalue weighted by molar-refractivity contribution is 7.88. The number of ether oxygens (including phenoxy) is 1. The average Bonchev–Trinajstić information content (AvgIpc) is 2.46. The molecule has 2 aromatic carbocycles. The van der Waals surface area contributed by atoms with Gasteiger partial charge in [-0.05, 0) is 42.8 Å². The molecule has 2 nitrogen and oxygen atoms in total. The van der Waals surface area contributed by atoms with Crippen LogP contribution in [-0.4, -0.2) is 11.3 Å². The molecule has 0 radical (unpaired) electrons. The number of rotatable bonds is 4. The summed E-state index contributed by atoms with van der Waals surface area (Å²) in [6.07, 6.45) is 1.86. The molecule has 0 unspecified atom stereocenters. The van der Waals surface area contributed by atoms with Gasteiger partial charge in [-0.25, -0.2) is 4.21 Å². The van der Waals surface area contributed by atoms with Crippen LogP contribution in [0.3, 0.4) is 0 Å². The second-order valence-electron chi connectivity index (χ2n) is 4.19. The van der Waals surface area contributed by atoms with Crippen molar-refractivity contribution in [2.45, 2.75) is 11.8 Å². The summed E-state index contributed by atoms with van der Waals surface area (Å²) in [6, 6.07) is 15.4. The topological polar surface area (TPSA) is 26.3 Å². The zero-order valence-electron chi connectivity index (χ0n) is 11.0. The average molecular weight is 272 g/mol. The quantitative estimate of drug-likeness (QED) is 0.846. The number of methoxy groups -OCH3 is 1. The summed E-state index contributed by atoms with van der Waals surface area (Å²) in [4.78, 5) is 0.815. The van der Waals surface area contributed by atoms with Crippen LogP contribution < -0.4 is 4.74 Å². The van der Waals surface area contributed by atoms with E-state index in [-0.39, 0.29) is 0 Å². The number of aryl methyl sites for hydroxylation is 1. The van der Waals surface area contributed by atoms with Crippen LogP contribution in [0.4, 0.5) is 0 Å². The molecule has 0 aliphatic carbocycles. The number of hydrogen-bond acceptors (Lipinski definition) is 2. The molecule has 0 aliphatic heterocycles. The van der Waals surface area contributed by atoms with Gasteiger partial charge in [0.05, 0.1) is 17.9 Å². The second kappa shape index (κ2) is 6.34. The largest absolute Gasteiger partial charge is 0.497 e. The molecule has 0 amide bonds. The molecule has 0 saturated carbocycles. The maximum absolute atomic E-state index is 12.1. The Balaban J connectivity index is 2.08. The van der Waals surface area contributed by atoms with E-state index in [9.17, 15) is 4.21 Å². The van der Waals surface area contributed by atoms with Crippen LogP contribution in [0.15, 0.2) is 58.8 Å². The van der Waals surface area contributed by atoms with E-state index >= 15 is 0 Å². The molecule has 0 fully saturated rings. The van der Waals surface area contributed by atoms with Crippen molar-refractivity contribution in [3.8, 4) is 5.75 Å².